The molecule has 59 heavy (non-hydrogen) atoms. The van der Waals surface area contributed by atoms with Gasteiger partial charge in [0.15, 0.2) is 6.10 Å². The molecule has 6 atom stereocenters. The highest BCUT2D eigenvalue weighted by molar-refractivity contribution is 7.47. The normalized spacial score (nSPS) is 22.4. The number of phosphoric ester groups is 1. The predicted octanol–water partition coefficient (Wildman–Crippen LogP) is 9.06. The Labute approximate surface area is 356 Å². The standard InChI is InChI=1S/C45H85O13P/c1-3-5-7-9-11-13-15-17-18-19-20-21-22-24-26-28-30-32-34-39(47)57-37(35-55-38(46)33-31-29-27-25-23-16-14-12-10-8-6-4-2)36-56-59(53,54)58-45-43(51)41(49)40(48)42(50)44(45)52/h18-19,37,40-45,48-52H,3-17,20-36H2,1-2H3,(H,53,54)/b19-18-. The lowest BCUT2D eigenvalue weighted by Gasteiger charge is -2.41. The van der Waals surface area contributed by atoms with Crippen LogP contribution in [0.3, 0.4) is 0 Å². The first kappa shape index (κ1) is 55.6. The molecule has 348 valence electrons. The van der Waals surface area contributed by atoms with Gasteiger partial charge >= 0.3 is 19.8 Å². The molecule has 0 aromatic carbocycles. The number of allylic oxidation sites excluding steroid dienone is 2. The van der Waals surface area contributed by atoms with Gasteiger partial charge in [0.1, 0.15) is 43.2 Å². The van der Waals surface area contributed by atoms with Crippen LogP contribution in [0, 0.1) is 0 Å². The Morgan fingerprint density at radius 2 is 0.864 bits per heavy atom. The summed E-state index contributed by atoms with van der Waals surface area (Å²) in [5, 5.41) is 50.1. The molecule has 6 N–H and O–H groups in total. The highest BCUT2D eigenvalue weighted by Gasteiger charge is 2.51. The van der Waals surface area contributed by atoms with Gasteiger partial charge in [-0.2, -0.15) is 0 Å². The van der Waals surface area contributed by atoms with Gasteiger partial charge < -0.3 is 39.9 Å². The van der Waals surface area contributed by atoms with Crippen LogP contribution in [0.25, 0.3) is 0 Å². The topological polar surface area (TPSA) is 210 Å². The fraction of sp³-hybridized carbons (Fsp3) is 0.911. The van der Waals surface area contributed by atoms with Crippen LogP contribution >= 0.6 is 7.82 Å². The fourth-order valence-electron chi connectivity index (χ4n) is 7.28. The molecular weight excluding hydrogens is 779 g/mol. The summed E-state index contributed by atoms with van der Waals surface area (Å²) in [6.07, 6.45) is 24.1. The van der Waals surface area contributed by atoms with Crippen LogP contribution in [0.4, 0.5) is 0 Å². The van der Waals surface area contributed by atoms with Gasteiger partial charge in [0.25, 0.3) is 0 Å². The van der Waals surface area contributed by atoms with Crippen LogP contribution < -0.4 is 0 Å². The highest BCUT2D eigenvalue weighted by atomic mass is 31.2. The zero-order chi connectivity index (χ0) is 43.6. The molecule has 1 fully saturated rings. The summed E-state index contributed by atoms with van der Waals surface area (Å²) in [5.74, 6) is -1.10. The minimum atomic E-state index is -5.11. The number of unbranched alkanes of at least 4 members (excludes halogenated alkanes) is 25. The second kappa shape index (κ2) is 36.1. The Hall–Kier alpha value is -1.41. The van der Waals surface area contributed by atoms with Crippen LogP contribution in [0.5, 0.6) is 0 Å². The zero-order valence-corrected chi connectivity index (χ0v) is 37.7. The number of carbonyl (C=O) groups is 2. The van der Waals surface area contributed by atoms with E-state index in [-0.39, 0.29) is 12.8 Å². The smallest absolute Gasteiger partial charge is 0.462 e. The molecule has 1 aliphatic carbocycles. The van der Waals surface area contributed by atoms with Gasteiger partial charge in [-0.1, -0.05) is 167 Å². The summed E-state index contributed by atoms with van der Waals surface area (Å²) in [6.45, 7) is 3.30. The van der Waals surface area contributed by atoms with Gasteiger partial charge in [0.05, 0.1) is 6.61 Å². The van der Waals surface area contributed by atoms with Crippen molar-refractivity contribution < 1.29 is 63.1 Å². The average molecular weight is 865 g/mol. The van der Waals surface area contributed by atoms with Crippen molar-refractivity contribution in [2.75, 3.05) is 13.2 Å². The van der Waals surface area contributed by atoms with Crippen LogP contribution in [0.1, 0.15) is 206 Å². The van der Waals surface area contributed by atoms with Crippen LogP contribution in [-0.4, -0.2) is 98.3 Å². The van der Waals surface area contributed by atoms with E-state index in [2.05, 4.69) is 26.0 Å². The molecule has 0 amide bonds. The molecule has 0 aliphatic heterocycles. The average Bonchev–Trinajstić information content (AvgIpc) is 3.21. The number of rotatable bonds is 39. The molecule has 0 aromatic rings. The van der Waals surface area contributed by atoms with Crippen LogP contribution in [0.2, 0.25) is 0 Å². The molecule has 6 unspecified atom stereocenters. The maximum absolute atomic E-state index is 12.8. The van der Waals surface area contributed by atoms with E-state index in [9.17, 15) is 44.6 Å². The third kappa shape index (κ3) is 28.7. The van der Waals surface area contributed by atoms with Gasteiger partial charge in [-0.3, -0.25) is 18.6 Å². The SMILES string of the molecule is CCCCCCCCC/C=C\CCCCCCCCCC(=O)OC(COC(=O)CCCCCCCCCCCCCC)COP(=O)(O)OC1C(O)C(O)C(O)C(O)C1O. The Bertz CT molecular complexity index is 1090. The molecule has 0 radical (unpaired) electrons. The minimum Gasteiger partial charge on any atom is -0.462 e. The fourth-order valence-corrected chi connectivity index (χ4v) is 8.26. The van der Waals surface area contributed by atoms with E-state index in [4.69, 9.17) is 18.5 Å². The number of carbonyl (C=O) groups excluding carboxylic acids is 2. The number of hydrogen-bond donors (Lipinski definition) is 6. The largest absolute Gasteiger partial charge is 0.472 e. The molecule has 0 heterocycles. The highest BCUT2D eigenvalue weighted by Crippen LogP contribution is 2.47. The summed E-state index contributed by atoms with van der Waals surface area (Å²) in [6, 6.07) is 0. The Kier molecular flexibility index (Phi) is 34.0. The number of aliphatic hydroxyl groups excluding tert-OH is 5. The second-order valence-electron chi connectivity index (χ2n) is 16.6. The third-order valence-electron chi connectivity index (χ3n) is 11.1. The summed E-state index contributed by atoms with van der Waals surface area (Å²) in [5.41, 5.74) is 0. The maximum atomic E-state index is 12.8. The van der Waals surface area contributed by atoms with Gasteiger partial charge in [-0.15, -0.1) is 0 Å². The van der Waals surface area contributed by atoms with E-state index in [1.165, 1.54) is 116 Å². The van der Waals surface area contributed by atoms with Gasteiger partial charge in [-0.05, 0) is 38.5 Å². The molecule has 0 spiro atoms. The van der Waals surface area contributed by atoms with Crippen LogP contribution in [-0.2, 0) is 32.7 Å². The van der Waals surface area contributed by atoms with E-state index in [1.807, 2.05) is 0 Å². The van der Waals surface area contributed by atoms with Crippen molar-refractivity contribution in [2.45, 2.75) is 249 Å². The van der Waals surface area contributed by atoms with E-state index >= 15 is 0 Å². The summed E-state index contributed by atoms with van der Waals surface area (Å²) >= 11 is 0. The first-order chi connectivity index (χ1) is 28.4. The van der Waals surface area contributed by atoms with Crippen molar-refractivity contribution in [3.05, 3.63) is 12.2 Å². The predicted molar refractivity (Wildman–Crippen MR) is 231 cm³/mol. The zero-order valence-electron chi connectivity index (χ0n) is 36.8. The lowest BCUT2D eigenvalue weighted by Crippen LogP contribution is -2.64. The van der Waals surface area contributed by atoms with Crippen molar-refractivity contribution >= 4 is 19.8 Å². The Morgan fingerprint density at radius 3 is 1.29 bits per heavy atom. The van der Waals surface area contributed by atoms with Gasteiger partial charge in [-0.25, -0.2) is 4.57 Å². The quantitative estimate of drug-likeness (QED) is 0.0148. The lowest BCUT2D eigenvalue weighted by molar-refractivity contribution is -0.220. The number of ether oxygens (including phenoxy) is 2. The lowest BCUT2D eigenvalue weighted by atomic mass is 9.85. The molecule has 13 nitrogen and oxygen atoms in total. The van der Waals surface area contributed by atoms with Crippen molar-refractivity contribution in [3.8, 4) is 0 Å². The van der Waals surface area contributed by atoms with E-state index < -0.39 is 75.7 Å². The molecule has 14 heteroatoms. The maximum Gasteiger partial charge on any atom is 0.472 e. The molecule has 1 aliphatic rings. The summed E-state index contributed by atoms with van der Waals surface area (Å²) < 4.78 is 33.5. The number of phosphoric acid groups is 1. The van der Waals surface area contributed by atoms with Gasteiger partial charge in [0.2, 0.25) is 0 Å². The number of esters is 2. The minimum absolute atomic E-state index is 0.0959. The summed E-state index contributed by atoms with van der Waals surface area (Å²) in [4.78, 5) is 35.7. The van der Waals surface area contributed by atoms with Crippen molar-refractivity contribution in [3.63, 3.8) is 0 Å². The van der Waals surface area contributed by atoms with Gasteiger partial charge in [0, 0.05) is 12.8 Å². The molecule has 0 aromatic heterocycles. The third-order valence-corrected chi connectivity index (χ3v) is 12.1. The molecular formula is C45H85O13P. The first-order valence-electron chi connectivity index (χ1n) is 23.5. The second-order valence-corrected chi connectivity index (χ2v) is 18.0. The van der Waals surface area contributed by atoms with Crippen molar-refractivity contribution in [1.82, 2.24) is 0 Å². The molecule has 1 rings (SSSR count). The van der Waals surface area contributed by atoms with Crippen LogP contribution in [0.15, 0.2) is 12.2 Å². The summed E-state index contributed by atoms with van der Waals surface area (Å²) in [7, 11) is -5.11. The Morgan fingerprint density at radius 1 is 0.508 bits per heavy atom. The molecule has 0 bridgehead atoms. The number of hydrogen-bond acceptors (Lipinski definition) is 12. The van der Waals surface area contributed by atoms with Crippen molar-refractivity contribution in [2.24, 2.45) is 0 Å². The Balaban J connectivity index is 2.44. The molecule has 1 saturated carbocycles. The van der Waals surface area contributed by atoms with E-state index in [1.54, 1.807) is 0 Å². The first-order valence-corrected chi connectivity index (χ1v) is 25.0. The van der Waals surface area contributed by atoms with Crippen molar-refractivity contribution in [1.29, 1.82) is 0 Å². The van der Waals surface area contributed by atoms with E-state index in [0.29, 0.717) is 12.8 Å². The van der Waals surface area contributed by atoms with E-state index in [0.717, 1.165) is 51.4 Å². The number of aliphatic hydroxyl groups is 5. The monoisotopic (exact) mass is 865 g/mol. The molecule has 0 saturated heterocycles.